The highest BCUT2D eigenvalue weighted by Crippen LogP contribution is 2.38. The zero-order valence-electron chi connectivity index (χ0n) is 18.8. The first-order chi connectivity index (χ1) is 16.1. The molecule has 5 rings (SSSR count). The molecule has 2 heterocycles. The number of ether oxygens (including phenoxy) is 1. The summed E-state index contributed by atoms with van der Waals surface area (Å²) in [4.78, 5) is 31.9. The van der Waals surface area contributed by atoms with Gasteiger partial charge in [0.2, 0.25) is 11.8 Å². The molecule has 0 radical (unpaired) electrons. The topological polar surface area (TPSA) is 49.9 Å². The van der Waals surface area contributed by atoms with E-state index in [0.29, 0.717) is 13.0 Å². The first-order valence-electron chi connectivity index (χ1n) is 11.5. The van der Waals surface area contributed by atoms with Crippen molar-refractivity contribution < 1.29 is 14.3 Å². The minimum Gasteiger partial charge on any atom is -0.497 e. The van der Waals surface area contributed by atoms with Crippen LogP contribution in [-0.4, -0.2) is 47.9 Å². The summed E-state index contributed by atoms with van der Waals surface area (Å²) in [5, 5.41) is 2.11. The average molecular weight is 461 g/mol. The van der Waals surface area contributed by atoms with Gasteiger partial charge in [0, 0.05) is 17.5 Å². The molecule has 3 aromatic rings. The normalized spacial score (nSPS) is 17.4. The molecule has 0 bridgehead atoms. The Kier molecular flexibility index (Phi) is 6.18. The van der Waals surface area contributed by atoms with Gasteiger partial charge in [0.05, 0.1) is 19.6 Å². The Morgan fingerprint density at radius 3 is 2.52 bits per heavy atom. The number of fused-ring (bicyclic) bond motifs is 1. The summed E-state index contributed by atoms with van der Waals surface area (Å²) in [5.74, 6) is 0.807. The Balaban J connectivity index is 1.34. The Morgan fingerprint density at radius 1 is 1.06 bits per heavy atom. The van der Waals surface area contributed by atoms with Crippen molar-refractivity contribution in [3.8, 4) is 5.75 Å². The molecular weight excluding hydrogens is 432 g/mol. The Bertz CT molecular complexity index is 1120. The number of rotatable bonds is 7. The Labute approximate surface area is 198 Å². The monoisotopic (exact) mass is 460 g/mol. The second kappa shape index (κ2) is 9.40. The van der Waals surface area contributed by atoms with Crippen LogP contribution in [0.3, 0.4) is 0 Å². The average Bonchev–Trinajstić information content (AvgIpc) is 3.58. The van der Waals surface area contributed by atoms with E-state index in [2.05, 4.69) is 23.6 Å². The minimum absolute atomic E-state index is 0.0144. The highest BCUT2D eigenvalue weighted by atomic mass is 32.1. The molecule has 1 aliphatic carbocycles. The highest BCUT2D eigenvalue weighted by molar-refractivity contribution is 7.10. The van der Waals surface area contributed by atoms with Gasteiger partial charge in [0.15, 0.2) is 0 Å². The number of benzene rings is 2. The quantitative estimate of drug-likeness (QED) is 0.523. The number of hydrogen-bond acceptors (Lipinski definition) is 4. The van der Waals surface area contributed by atoms with Crippen molar-refractivity contribution in [1.82, 2.24) is 9.80 Å². The molecule has 0 N–H and O–H groups in total. The largest absolute Gasteiger partial charge is 0.497 e. The summed E-state index contributed by atoms with van der Waals surface area (Å²) < 4.78 is 5.21. The summed E-state index contributed by atoms with van der Waals surface area (Å²) in [6.45, 7) is 0.819. The number of carbonyl (C=O) groups excluding carboxylic acids is 2. The van der Waals surface area contributed by atoms with Crippen LogP contribution in [0.4, 0.5) is 0 Å². The van der Waals surface area contributed by atoms with E-state index in [1.807, 2.05) is 47.4 Å². The molecule has 1 atom stereocenters. The van der Waals surface area contributed by atoms with Gasteiger partial charge >= 0.3 is 0 Å². The van der Waals surface area contributed by atoms with Crippen molar-refractivity contribution in [2.75, 3.05) is 20.2 Å². The lowest BCUT2D eigenvalue weighted by atomic mass is 9.93. The molecule has 2 amide bonds. The van der Waals surface area contributed by atoms with Crippen LogP contribution in [0.15, 0.2) is 66.0 Å². The molecule has 1 aromatic heterocycles. The lowest BCUT2D eigenvalue weighted by Gasteiger charge is -2.37. The number of methoxy groups -OCH3 is 1. The molecule has 1 aliphatic heterocycles. The maximum absolute atomic E-state index is 13.6. The van der Waals surface area contributed by atoms with Gasteiger partial charge < -0.3 is 14.5 Å². The number of carbonyl (C=O) groups is 2. The molecule has 0 saturated heterocycles. The molecule has 0 spiro atoms. The zero-order valence-corrected chi connectivity index (χ0v) is 19.6. The molecule has 6 heteroatoms. The van der Waals surface area contributed by atoms with E-state index in [1.165, 1.54) is 10.4 Å². The summed E-state index contributed by atoms with van der Waals surface area (Å²) in [6, 6.07) is 20.0. The predicted molar refractivity (Wildman–Crippen MR) is 129 cm³/mol. The lowest BCUT2D eigenvalue weighted by Crippen LogP contribution is -2.47. The third-order valence-electron chi connectivity index (χ3n) is 6.53. The van der Waals surface area contributed by atoms with Gasteiger partial charge in [-0.3, -0.25) is 9.59 Å². The molecule has 1 fully saturated rings. The molecule has 33 heavy (non-hydrogen) atoms. The minimum atomic E-state index is -0.0913. The van der Waals surface area contributed by atoms with Gasteiger partial charge in [-0.25, -0.2) is 0 Å². The van der Waals surface area contributed by atoms with Crippen LogP contribution >= 0.6 is 11.3 Å². The van der Waals surface area contributed by atoms with Crippen LogP contribution in [0.2, 0.25) is 0 Å². The Hall–Kier alpha value is -3.12. The fraction of sp³-hybridized carbons (Fsp3) is 0.333. The lowest BCUT2D eigenvalue weighted by molar-refractivity contribution is -0.142. The second-order valence-electron chi connectivity index (χ2n) is 8.73. The molecule has 5 nitrogen and oxygen atoms in total. The van der Waals surface area contributed by atoms with E-state index in [0.717, 1.165) is 36.1 Å². The standard InChI is InChI=1S/C27H28N2O3S/c1-32-22-11-7-19(8-12-22)17-25(30)29(21-9-10-21)18-26(31)28-15-13-24-23(14-16-33-24)27(28)20-5-3-2-4-6-20/h2-8,11-12,14,16,21,27H,9-10,13,15,17-18H2,1H3. The molecule has 1 saturated carbocycles. The molecule has 1 unspecified atom stereocenters. The number of hydrogen-bond donors (Lipinski definition) is 0. The van der Waals surface area contributed by atoms with Crippen molar-refractivity contribution in [3.63, 3.8) is 0 Å². The third-order valence-corrected chi connectivity index (χ3v) is 7.53. The third kappa shape index (κ3) is 4.67. The predicted octanol–water partition coefficient (Wildman–Crippen LogP) is 4.46. The zero-order chi connectivity index (χ0) is 22.8. The molecule has 2 aromatic carbocycles. The van der Waals surface area contributed by atoms with Crippen LogP contribution in [0.5, 0.6) is 5.75 Å². The first kappa shape index (κ1) is 21.7. The summed E-state index contributed by atoms with van der Waals surface area (Å²) >= 11 is 1.76. The van der Waals surface area contributed by atoms with Gasteiger partial charge in [-0.05, 0) is 59.5 Å². The summed E-state index contributed by atoms with van der Waals surface area (Å²) in [6.07, 6.45) is 3.10. The van der Waals surface area contributed by atoms with Crippen LogP contribution in [0, 0.1) is 0 Å². The highest BCUT2D eigenvalue weighted by Gasteiger charge is 2.38. The van der Waals surface area contributed by atoms with Crippen molar-refractivity contribution in [1.29, 1.82) is 0 Å². The van der Waals surface area contributed by atoms with E-state index in [9.17, 15) is 9.59 Å². The van der Waals surface area contributed by atoms with Gasteiger partial charge in [-0.15, -0.1) is 11.3 Å². The van der Waals surface area contributed by atoms with Crippen LogP contribution in [0.1, 0.15) is 40.5 Å². The summed E-state index contributed by atoms with van der Waals surface area (Å²) in [5.41, 5.74) is 3.27. The SMILES string of the molecule is COc1ccc(CC(=O)N(CC(=O)N2CCc3sccc3C2c2ccccc2)C2CC2)cc1. The van der Waals surface area contributed by atoms with Crippen LogP contribution in [-0.2, 0) is 22.4 Å². The van der Waals surface area contributed by atoms with Crippen molar-refractivity contribution >= 4 is 23.2 Å². The number of nitrogens with zero attached hydrogens (tertiary/aromatic N) is 2. The fourth-order valence-electron chi connectivity index (χ4n) is 4.64. The maximum atomic E-state index is 13.6. The smallest absolute Gasteiger partial charge is 0.243 e. The molecular formula is C27H28N2O3S. The van der Waals surface area contributed by atoms with E-state index in [4.69, 9.17) is 4.74 Å². The molecule has 170 valence electrons. The van der Waals surface area contributed by atoms with Gasteiger partial charge in [0.25, 0.3) is 0 Å². The van der Waals surface area contributed by atoms with Crippen molar-refractivity contribution in [3.05, 3.63) is 87.6 Å². The van der Waals surface area contributed by atoms with Gasteiger partial charge in [0.1, 0.15) is 12.3 Å². The molecule has 2 aliphatic rings. The number of thiophene rings is 1. The Morgan fingerprint density at radius 2 is 1.82 bits per heavy atom. The van der Waals surface area contributed by atoms with E-state index in [1.54, 1.807) is 23.3 Å². The second-order valence-corrected chi connectivity index (χ2v) is 9.73. The van der Waals surface area contributed by atoms with E-state index in [-0.39, 0.29) is 30.4 Å². The van der Waals surface area contributed by atoms with Crippen LogP contribution in [0.25, 0.3) is 0 Å². The maximum Gasteiger partial charge on any atom is 0.243 e. The van der Waals surface area contributed by atoms with Crippen LogP contribution < -0.4 is 4.74 Å². The van der Waals surface area contributed by atoms with E-state index >= 15 is 0 Å². The van der Waals surface area contributed by atoms with Crippen molar-refractivity contribution in [2.24, 2.45) is 0 Å². The van der Waals surface area contributed by atoms with Gasteiger partial charge in [-0.2, -0.15) is 0 Å². The number of amides is 2. The fourth-order valence-corrected chi connectivity index (χ4v) is 5.55. The van der Waals surface area contributed by atoms with Crippen molar-refractivity contribution in [2.45, 2.75) is 37.8 Å². The van der Waals surface area contributed by atoms with E-state index < -0.39 is 0 Å². The van der Waals surface area contributed by atoms with Gasteiger partial charge in [-0.1, -0.05) is 42.5 Å². The summed E-state index contributed by atoms with van der Waals surface area (Å²) in [7, 11) is 1.63. The first-order valence-corrected chi connectivity index (χ1v) is 12.3.